The molecule has 9 heteroatoms. The quantitative estimate of drug-likeness (QED) is 0.522. The highest BCUT2D eigenvalue weighted by molar-refractivity contribution is 8.13. The van der Waals surface area contributed by atoms with E-state index in [0.717, 1.165) is 12.1 Å². The van der Waals surface area contributed by atoms with Gasteiger partial charge in [-0.1, -0.05) is 0 Å². The molecular formula is C16H11F3N2O3S. The van der Waals surface area contributed by atoms with Crippen LogP contribution in [0.5, 0.6) is 0 Å². The van der Waals surface area contributed by atoms with Gasteiger partial charge in [-0.3, -0.25) is 14.0 Å². The normalized spacial score (nSPS) is 14.2. The van der Waals surface area contributed by atoms with Crippen LogP contribution >= 0.6 is 0 Å². The summed E-state index contributed by atoms with van der Waals surface area (Å²) >= 11 is 0. The maximum Gasteiger partial charge on any atom is 0.416 e. The number of rotatable bonds is 3. The van der Waals surface area contributed by atoms with Crippen molar-refractivity contribution in [1.82, 2.24) is 9.97 Å². The molecule has 0 aliphatic heterocycles. The van der Waals surface area contributed by atoms with E-state index in [0.29, 0.717) is 5.62 Å². The third kappa shape index (κ3) is 3.02. The summed E-state index contributed by atoms with van der Waals surface area (Å²) in [5, 5.41) is 1.24. The average molecular weight is 368 g/mol. The Morgan fingerprint density at radius 2 is 2.00 bits per heavy atom. The molecule has 0 fully saturated rings. The van der Waals surface area contributed by atoms with Gasteiger partial charge in [0, 0.05) is 12.4 Å². The molecular weight excluding hydrogens is 357 g/mol. The summed E-state index contributed by atoms with van der Waals surface area (Å²) in [6.45, 7) is 1.47. The molecule has 0 aliphatic carbocycles. The van der Waals surface area contributed by atoms with Gasteiger partial charge in [0.15, 0.2) is 5.58 Å². The number of pyridine rings is 1. The average Bonchev–Trinajstić information content (AvgIpc) is 3.03. The smallest absolute Gasteiger partial charge is 0.416 e. The summed E-state index contributed by atoms with van der Waals surface area (Å²) in [6.07, 6.45) is -1.87. The zero-order valence-electron chi connectivity index (χ0n) is 12.8. The highest BCUT2D eigenvalue weighted by atomic mass is 32.2. The van der Waals surface area contributed by atoms with Crippen LogP contribution in [-0.4, -0.2) is 25.2 Å². The molecule has 0 N–H and O–H groups in total. The van der Waals surface area contributed by atoms with E-state index in [1.54, 1.807) is 0 Å². The van der Waals surface area contributed by atoms with Crippen molar-refractivity contribution < 1.29 is 26.6 Å². The fraction of sp³-hybridized carbons (Fsp3) is 0.125. The zero-order chi connectivity index (χ0) is 18.2. The Morgan fingerprint density at radius 1 is 1.24 bits per heavy atom. The highest BCUT2D eigenvalue weighted by Gasteiger charge is 2.31. The Kier molecular flexibility index (Phi) is 4.11. The second kappa shape index (κ2) is 5.99. The standard InChI is InChI=1S/C16H11F3N2O3S/c1-2-25(23,9-22)14-8-20-6-5-11(14)15-21-12-7-10(16(17,18)19)3-4-13(12)24-15/h2-9H,1H3. The van der Waals surface area contributed by atoms with Crippen LogP contribution in [0.15, 0.2) is 46.0 Å². The van der Waals surface area contributed by atoms with Crippen LogP contribution in [0.1, 0.15) is 12.5 Å². The number of fused-ring (bicyclic) bond motifs is 1. The molecule has 0 saturated heterocycles. The van der Waals surface area contributed by atoms with E-state index in [1.807, 2.05) is 0 Å². The predicted octanol–water partition coefficient (Wildman–Crippen LogP) is 3.56. The van der Waals surface area contributed by atoms with Gasteiger partial charge in [0.05, 0.1) is 25.5 Å². The first-order valence-electron chi connectivity index (χ1n) is 6.99. The van der Waals surface area contributed by atoms with Crippen molar-refractivity contribution in [2.24, 2.45) is 0 Å². The topological polar surface area (TPSA) is 73.1 Å². The van der Waals surface area contributed by atoms with Crippen molar-refractivity contribution in [3.8, 4) is 11.5 Å². The van der Waals surface area contributed by atoms with E-state index >= 15 is 0 Å². The molecule has 25 heavy (non-hydrogen) atoms. The van der Waals surface area contributed by atoms with Crippen molar-refractivity contribution in [3.63, 3.8) is 0 Å². The monoisotopic (exact) mass is 368 g/mol. The SMILES string of the molecule is CC=S(=O)(C=O)c1cnccc1-c1nc2cc(C(F)(F)F)ccc2o1. The van der Waals surface area contributed by atoms with Gasteiger partial charge in [0.1, 0.15) is 5.52 Å². The molecule has 0 bridgehead atoms. The van der Waals surface area contributed by atoms with Gasteiger partial charge in [0.2, 0.25) is 11.5 Å². The lowest BCUT2D eigenvalue weighted by Crippen LogP contribution is -2.07. The summed E-state index contributed by atoms with van der Waals surface area (Å²) < 4.78 is 56.6. The molecule has 0 saturated carbocycles. The van der Waals surface area contributed by atoms with Crippen molar-refractivity contribution >= 4 is 31.6 Å². The molecule has 2 heterocycles. The molecule has 5 nitrogen and oxygen atoms in total. The fourth-order valence-electron chi connectivity index (χ4n) is 2.26. The Hall–Kier alpha value is -2.68. The molecule has 3 aromatic rings. The van der Waals surface area contributed by atoms with Gasteiger partial charge in [0.25, 0.3) is 0 Å². The minimum Gasteiger partial charge on any atom is -0.436 e. The molecule has 1 unspecified atom stereocenters. The third-order valence-corrected chi connectivity index (χ3v) is 5.57. The summed E-state index contributed by atoms with van der Waals surface area (Å²) in [5.41, 5.74) is -0.171. The molecule has 0 aliphatic rings. The van der Waals surface area contributed by atoms with E-state index in [4.69, 9.17) is 4.42 Å². The molecule has 0 spiro atoms. The summed E-state index contributed by atoms with van der Waals surface area (Å²) in [5.74, 6) is -0.0388. The molecule has 3 rings (SSSR count). The molecule has 1 aromatic carbocycles. The first-order valence-corrected chi connectivity index (χ1v) is 8.68. The summed E-state index contributed by atoms with van der Waals surface area (Å²) in [6, 6.07) is 4.36. The van der Waals surface area contributed by atoms with Crippen LogP contribution in [0.3, 0.4) is 0 Å². The van der Waals surface area contributed by atoms with Gasteiger partial charge in [-0.15, -0.1) is 0 Å². The van der Waals surface area contributed by atoms with Gasteiger partial charge in [-0.25, -0.2) is 4.98 Å². The highest BCUT2D eigenvalue weighted by Crippen LogP contribution is 2.34. The van der Waals surface area contributed by atoms with Gasteiger partial charge in [-0.2, -0.15) is 13.2 Å². The predicted molar refractivity (Wildman–Crippen MR) is 87.1 cm³/mol. The largest absolute Gasteiger partial charge is 0.436 e. The number of hydrogen-bond acceptors (Lipinski definition) is 5. The second-order valence-corrected chi connectivity index (χ2v) is 7.45. The number of nitrogens with zero attached hydrogens (tertiary/aromatic N) is 2. The van der Waals surface area contributed by atoms with Crippen LogP contribution in [0, 0.1) is 0 Å². The lowest BCUT2D eigenvalue weighted by molar-refractivity contribution is -0.137. The van der Waals surface area contributed by atoms with Crippen LogP contribution in [0.4, 0.5) is 13.2 Å². The Balaban J connectivity index is 2.22. The minimum atomic E-state index is -4.50. The first-order chi connectivity index (χ1) is 11.8. The molecule has 130 valence electrons. The van der Waals surface area contributed by atoms with Crippen molar-refractivity contribution in [2.45, 2.75) is 18.0 Å². The molecule has 2 aromatic heterocycles. The van der Waals surface area contributed by atoms with Crippen LogP contribution in [0.2, 0.25) is 0 Å². The number of hydrogen-bond donors (Lipinski definition) is 0. The maximum absolute atomic E-state index is 12.8. The maximum atomic E-state index is 12.8. The third-order valence-electron chi connectivity index (χ3n) is 3.57. The Labute approximate surface area is 140 Å². The van der Waals surface area contributed by atoms with Crippen molar-refractivity contribution in [1.29, 1.82) is 0 Å². The number of carbonyl (C=O) groups excluding carboxylic acids is 1. The number of alkyl halides is 3. The van der Waals surface area contributed by atoms with Gasteiger partial charge < -0.3 is 4.42 Å². The fourth-order valence-corrected chi connectivity index (χ4v) is 3.46. The van der Waals surface area contributed by atoms with Crippen molar-refractivity contribution in [3.05, 3.63) is 42.2 Å². The van der Waals surface area contributed by atoms with Crippen LogP contribution in [-0.2, 0) is 20.5 Å². The Morgan fingerprint density at radius 3 is 2.64 bits per heavy atom. The first kappa shape index (κ1) is 17.2. The van der Waals surface area contributed by atoms with E-state index < -0.39 is 21.3 Å². The van der Waals surface area contributed by atoms with E-state index in [2.05, 4.69) is 9.97 Å². The van der Waals surface area contributed by atoms with Gasteiger partial charge >= 0.3 is 6.18 Å². The Bertz CT molecular complexity index is 1080. The lowest BCUT2D eigenvalue weighted by atomic mass is 10.2. The molecule has 0 amide bonds. The number of oxazole rings is 1. The van der Waals surface area contributed by atoms with Crippen molar-refractivity contribution in [2.75, 3.05) is 0 Å². The summed E-state index contributed by atoms with van der Waals surface area (Å²) in [4.78, 5) is 19.3. The number of benzene rings is 1. The van der Waals surface area contributed by atoms with E-state index in [9.17, 15) is 22.2 Å². The van der Waals surface area contributed by atoms with Gasteiger partial charge in [-0.05, 0) is 36.6 Å². The lowest BCUT2D eigenvalue weighted by Gasteiger charge is -2.06. The number of halogens is 3. The van der Waals surface area contributed by atoms with E-state index in [1.165, 1.54) is 36.8 Å². The molecule has 1 atom stereocenters. The van der Waals surface area contributed by atoms with Crippen LogP contribution in [0.25, 0.3) is 22.6 Å². The minimum absolute atomic E-state index is 0.00525. The van der Waals surface area contributed by atoms with E-state index in [-0.39, 0.29) is 27.4 Å². The number of aromatic nitrogens is 2. The second-order valence-electron chi connectivity index (χ2n) is 5.05. The molecule has 0 radical (unpaired) electrons. The van der Waals surface area contributed by atoms with Crippen LogP contribution < -0.4 is 0 Å². The number of carbonyl (C=O) groups is 1. The zero-order valence-corrected chi connectivity index (χ0v) is 13.6. The summed E-state index contributed by atoms with van der Waals surface area (Å²) in [7, 11) is -3.14.